The van der Waals surface area contributed by atoms with Crippen molar-refractivity contribution in [3.8, 4) is 0 Å². The molecule has 0 spiro atoms. The molecule has 4 heteroatoms. The van der Waals surface area contributed by atoms with E-state index in [0.717, 1.165) is 15.6 Å². The molecule has 0 amide bonds. The van der Waals surface area contributed by atoms with Crippen molar-refractivity contribution in [1.29, 1.82) is 0 Å². The Morgan fingerprint density at radius 3 is 2.29 bits per heavy atom. The first-order valence-electron chi connectivity index (χ1n) is 7.72. The average molecular weight is 389 g/mol. The summed E-state index contributed by atoms with van der Waals surface area (Å²) >= 11 is 3.51. The zero-order valence-electron chi connectivity index (χ0n) is 14.0. The van der Waals surface area contributed by atoms with E-state index in [4.69, 9.17) is 9.47 Å². The molecule has 0 saturated carbocycles. The Kier molecular flexibility index (Phi) is 6.21. The molecule has 0 aliphatic carbocycles. The molecule has 2 aromatic rings. The minimum Gasteiger partial charge on any atom is -0.429 e. The Hall–Kier alpha value is -2.07. The molecule has 0 bridgehead atoms. The molecule has 0 radical (unpaired) electrons. The molecular formula is C20H21BrO3. The van der Waals surface area contributed by atoms with E-state index in [9.17, 15) is 4.79 Å². The first kappa shape index (κ1) is 18.3. The molecule has 0 N–H and O–H groups in total. The van der Waals surface area contributed by atoms with Gasteiger partial charge in [-0.25, -0.2) is 4.79 Å². The number of ether oxygens (including phenoxy) is 2. The van der Waals surface area contributed by atoms with Crippen LogP contribution < -0.4 is 0 Å². The van der Waals surface area contributed by atoms with Crippen molar-refractivity contribution in [1.82, 2.24) is 0 Å². The Bertz CT molecular complexity index is 702. The van der Waals surface area contributed by atoms with Crippen LogP contribution in [0.4, 0.5) is 4.79 Å². The van der Waals surface area contributed by atoms with E-state index in [0.29, 0.717) is 0 Å². The number of hydrogen-bond donors (Lipinski definition) is 0. The summed E-state index contributed by atoms with van der Waals surface area (Å²) in [5, 5.41) is 0. The van der Waals surface area contributed by atoms with Gasteiger partial charge in [0, 0.05) is 10.0 Å². The molecule has 1 atom stereocenters. The maximum Gasteiger partial charge on any atom is 0.509 e. The normalized spacial score (nSPS) is 12.8. The smallest absolute Gasteiger partial charge is 0.429 e. The van der Waals surface area contributed by atoms with Gasteiger partial charge in [0.2, 0.25) is 0 Å². The maximum atomic E-state index is 12.1. The molecule has 3 nitrogen and oxygen atoms in total. The molecule has 0 aliphatic rings. The molecule has 24 heavy (non-hydrogen) atoms. The standard InChI is InChI=1S/C20H21BrO3/c1-20(2,3)24-19(22)23-18(16-11-7-8-12-17(16)21)14-13-15-9-5-4-6-10-15/h4-14,18H,1-3H3/b14-13-. The largest absolute Gasteiger partial charge is 0.509 e. The molecule has 0 fully saturated rings. The van der Waals surface area contributed by atoms with Crippen LogP contribution in [0.2, 0.25) is 0 Å². The van der Waals surface area contributed by atoms with Crippen LogP contribution in [0.15, 0.2) is 65.1 Å². The summed E-state index contributed by atoms with van der Waals surface area (Å²) in [6.45, 7) is 5.42. The summed E-state index contributed by atoms with van der Waals surface area (Å²) in [5.41, 5.74) is 1.29. The van der Waals surface area contributed by atoms with Gasteiger partial charge >= 0.3 is 6.16 Å². The fraction of sp³-hybridized carbons (Fsp3) is 0.250. The number of halogens is 1. The molecule has 1 unspecified atom stereocenters. The lowest BCUT2D eigenvalue weighted by molar-refractivity contribution is -0.0188. The molecular weight excluding hydrogens is 368 g/mol. The van der Waals surface area contributed by atoms with E-state index in [1.807, 2.05) is 87.5 Å². The molecule has 2 aromatic carbocycles. The lowest BCUT2D eigenvalue weighted by Crippen LogP contribution is -2.25. The highest BCUT2D eigenvalue weighted by atomic mass is 79.9. The van der Waals surface area contributed by atoms with E-state index in [1.165, 1.54) is 0 Å². The maximum absolute atomic E-state index is 12.1. The number of benzene rings is 2. The van der Waals surface area contributed by atoms with Gasteiger partial charge in [-0.2, -0.15) is 0 Å². The predicted octanol–water partition coefficient (Wildman–Crippen LogP) is 6.16. The highest BCUT2D eigenvalue weighted by Crippen LogP contribution is 2.28. The second-order valence-corrected chi connectivity index (χ2v) is 7.15. The van der Waals surface area contributed by atoms with E-state index < -0.39 is 17.9 Å². The lowest BCUT2D eigenvalue weighted by atomic mass is 10.1. The van der Waals surface area contributed by atoms with E-state index in [1.54, 1.807) is 0 Å². The van der Waals surface area contributed by atoms with Crippen molar-refractivity contribution < 1.29 is 14.3 Å². The molecule has 126 valence electrons. The van der Waals surface area contributed by atoms with Crippen LogP contribution in [-0.2, 0) is 9.47 Å². The van der Waals surface area contributed by atoms with Crippen LogP contribution in [0, 0.1) is 0 Å². The first-order valence-corrected chi connectivity index (χ1v) is 8.52. The zero-order chi connectivity index (χ0) is 17.6. The van der Waals surface area contributed by atoms with Crippen LogP contribution in [-0.4, -0.2) is 11.8 Å². The number of carbonyl (C=O) groups excluding carboxylic acids is 1. The lowest BCUT2D eigenvalue weighted by Gasteiger charge is -2.22. The molecule has 0 saturated heterocycles. The molecule has 2 rings (SSSR count). The van der Waals surface area contributed by atoms with Gasteiger partial charge in [0.25, 0.3) is 0 Å². The molecule has 0 aromatic heterocycles. The van der Waals surface area contributed by atoms with Gasteiger partial charge in [0.05, 0.1) is 0 Å². The Balaban J connectivity index is 2.23. The van der Waals surface area contributed by atoms with Crippen LogP contribution in [0.25, 0.3) is 6.08 Å². The van der Waals surface area contributed by atoms with Gasteiger partial charge in [0.15, 0.2) is 6.10 Å². The first-order chi connectivity index (χ1) is 11.3. The third-order valence-electron chi connectivity index (χ3n) is 3.09. The summed E-state index contributed by atoms with van der Waals surface area (Å²) in [5.74, 6) is 0. The zero-order valence-corrected chi connectivity index (χ0v) is 15.6. The monoisotopic (exact) mass is 388 g/mol. The minimum absolute atomic E-state index is 0.546. The third-order valence-corrected chi connectivity index (χ3v) is 3.81. The quantitative estimate of drug-likeness (QED) is 0.588. The van der Waals surface area contributed by atoms with Crippen molar-refractivity contribution in [2.45, 2.75) is 32.5 Å². The van der Waals surface area contributed by atoms with E-state index >= 15 is 0 Å². The van der Waals surface area contributed by atoms with Gasteiger partial charge in [-0.3, -0.25) is 0 Å². The average Bonchev–Trinajstić information content (AvgIpc) is 2.51. The second-order valence-electron chi connectivity index (χ2n) is 6.29. The van der Waals surface area contributed by atoms with E-state index in [2.05, 4.69) is 15.9 Å². The minimum atomic E-state index is -0.694. The Morgan fingerprint density at radius 2 is 1.67 bits per heavy atom. The second kappa shape index (κ2) is 8.15. The van der Waals surface area contributed by atoms with Crippen molar-refractivity contribution in [3.05, 3.63) is 76.3 Å². The van der Waals surface area contributed by atoms with Crippen molar-refractivity contribution in [2.75, 3.05) is 0 Å². The topological polar surface area (TPSA) is 35.5 Å². The third kappa shape index (κ3) is 5.85. The number of hydrogen-bond acceptors (Lipinski definition) is 3. The Labute approximate surface area is 151 Å². The van der Waals surface area contributed by atoms with Gasteiger partial charge in [0.1, 0.15) is 5.60 Å². The van der Waals surface area contributed by atoms with Gasteiger partial charge in [-0.15, -0.1) is 0 Å². The van der Waals surface area contributed by atoms with Crippen LogP contribution in [0.1, 0.15) is 38.0 Å². The summed E-state index contributed by atoms with van der Waals surface area (Å²) in [6, 6.07) is 17.5. The summed E-state index contributed by atoms with van der Waals surface area (Å²) < 4.78 is 11.7. The van der Waals surface area contributed by atoms with Crippen LogP contribution in [0.3, 0.4) is 0 Å². The fourth-order valence-corrected chi connectivity index (χ4v) is 2.56. The fourth-order valence-electron chi connectivity index (χ4n) is 2.05. The van der Waals surface area contributed by atoms with E-state index in [-0.39, 0.29) is 0 Å². The highest BCUT2D eigenvalue weighted by molar-refractivity contribution is 9.10. The molecule has 0 aliphatic heterocycles. The predicted molar refractivity (Wildman–Crippen MR) is 99.7 cm³/mol. The van der Waals surface area contributed by atoms with Gasteiger partial charge < -0.3 is 9.47 Å². The highest BCUT2D eigenvalue weighted by Gasteiger charge is 2.22. The van der Waals surface area contributed by atoms with Crippen molar-refractivity contribution in [2.24, 2.45) is 0 Å². The van der Waals surface area contributed by atoms with Crippen LogP contribution >= 0.6 is 15.9 Å². The summed E-state index contributed by atoms with van der Waals surface area (Å²) in [6.07, 6.45) is 2.53. The summed E-state index contributed by atoms with van der Waals surface area (Å²) in [4.78, 5) is 12.1. The SMILES string of the molecule is CC(C)(C)OC(=O)OC(/C=C\c1ccccc1)c1ccccc1Br. The number of rotatable bonds is 4. The van der Waals surface area contributed by atoms with Gasteiger partial charge in [-0.05, 0) is 38.5 Å². The number of carbonyl (C=O) groups is 1. The molecule has 0 heterocycles. The Morgan fingerprint density at radius 1 is 1.04 bits per heavy atom. The van der Waals surface area contributed by atoms with Crippen LogP contribution in [0.5, 0.6) is 0 Å². The van der Waals surface area contributed by atoms with Crippen molar-refractivity contribution >= 4 is 28.2 Å². The summed E-state index contributed by atoms with van der Waals surface area (Å²) in [7, 11) is 0. The van der Waals surface area contributed by atoms with Gasteiger partial charge in [-0.1, -0.05) is 70.5 Å². The van der Waals surface area contributed by atoms with Crippen molar-refractivity contribution in [3.63, 3.8) is 0 Å².